The van der Waals surface area contributed by atoms with Crippen LogP contribution in [0.25, 0.3) is 0 Å². The number of nitrogens with one attached hydrogen (secondary N) is 1. The lowest BCUT2D eigenvalue weighted by Crippen LogP contribution is -2.35. The molecule has 1 amide bonds. The zero-order valence-corrected chi connectivity index (χ0v) is 16.9. The van der Waals surface area contributed by atoms with Crippen molar-refractivity contribution >= 4 is 27.5 Å². The van der Waals surface area contributed by atoms with Crippen LogP contribution in [-0.4, -0.2) is 37.6 Å². The maximum Gasteiger partial charge on any atom is 0.238 e. The normalized spacial score (nSPS) is 11.0. The van der Waals surface area contributed by atoms with Gasteiger partial charge in [0, 0.05) is 30.4 Å². The Kier molecular flexibility index (Phi) is 7.75. The lowest BCUT2D eigenvalue weighted by atomic mass is 10.1. The molecule has 140 valence electrons. The van der Waals surface area contributed by atoms with Gasteiger partial charge in [-0.3, -0.25) is 9.69 Å². The van der Waals surface area contributed by atoms with Crippen molar-refractivity contribution in [1.82, 2.24) is 4.90 Å². The number of hydrogen-bond acceptors (Lipinski definition) is 3. The Hall–Kier alpha value is -1.76. The SMILES string of the molecule is COCCN(CC(=O)Nc1cccc(C)c1C)Cc1ccc(F)cc1Br. The molecule has 0 aliphatic rings. The van der Waals surface area contributed by atoms with E-state index in [9.17, 15) is 9.18 Å². The van der Waals surface area contributed by atoms with E-state index in [0.717, 1.165) is 22.4 Å². The van der Waals surface area contributed by atoms with Crippen LogP contribution in [-0.2, 0) is 16.1 Å². The van der Waals surface area contributed by atoms with Gasteiger partial charge in [0.1, 0.15) is 5.82 Å². The quantitative estimate of drug-likeness (QED) is 0.689. The van der Waals surface area contributed by atoms with Crippen molar-refractivity contribution in [3.05, 3.63) is 63.4 Å². The number of carbonyl (C=O) groups is 1. The first-order chi connectivity index (χ1) is 12.4. The molecular formula is C20H24BrFN2O2. The number of carbonyl (C=O) groups excluding carboxylic acids is 1. The molecule has 1 N–H and O–H groups in total. The summed E-state index contributed by atoms with van der Waals surface area (Å²) in [6.07, 6.45) is 0. The Morgan fingerprint density at radius 1 is 1.27 bits per heavy atom. The van der Waals surface area contributed by atoms with Gasteiger partial charge in [0.05, 0.1) is 13.2 Å². The fraction of sp³-hybridized carbons (Fsp3) is 0.350. The number of aryl methyl sites for hydroxylation is 1. The number of halogens is 2. The summed E-state index contributed by atoms with van der Waals surface area (Å²) in [5, 5.41) is 2.97. The van der Waals surface area contributed by atoms with Crippen LogP contribution in [0.15, 0.2) is 40.9 Å². The minimum absolute atomic E-state index is 0.0898. The molecule has 0 bridgehead atoms. The third kappa shape index (κ3) is 5.90. The summed E-state index contributed by atoms with van der Waals surface area (Å²) in [7, 11) is 1.63. The zero-order valence-electron chi connectivity index (χ0n) is 15.3. The Bertz CT molecular complexity index is 767. The molecule has 0 heterocycles. The number of methoxy groups -OCH3 is 1. The van der Waals surface area contributed by atoms with E-state index in [1.54, 1.807) is 13.2 Å². The number of hydrogen-bond donors (Lipinski definition) is 1. The van der Waals surface area contributed by atoms with E-state index in [4.69, 9.17) is 4.74 Å². The molecule has 6 heteroatoms. The van der Waals surface area contributed by atoms with E-state index < -0.39 is 0 Å². The summed E-state index contributed by atoms with van der Waals surface area (Å²) in [6.45, 7) is 5.85. The second-order valence-electron chi connectivity index (χ2n) is 6.23. The van der Waals surface area contributed by atoms with Crippen LogP contribution < -0.4 is 5.32 Å². The molecule has 0 aromatic heterocycles. The van der Waals surface area contributed by atoms with E-state index in [2.05, 4.69) is 21.2 Å². The van der Waals surface area contributed by atoms with Crippen LogP contribution in [0, 0.1) is 19.7 Å². The highest BCUT2D eigenvalue weighted by atomic mass is 79.9. The minimum Gasteiger partial charge on any atom is -0.383 e. The van der Waals surface area contributed by atoms with Crippen LogP contribution in [0.2, 0.25) is 0 Å². The summed E-state index contributed by atoms with van der Waals surface area (Å²) < 4.78 is 19.1. The first kappa shape index (κ1) is 20.6. The highest BCUT2D eigenvalue weighted by Gasteiger charge is 2.14. The van der Waals surface area contributed by atoms with Crippen LogP contribution in [0.5, 0.6) is 0 Å². The average Bonchev–Trinajstić information content (AvgIpc) is 2.59. The van der Waals surface area contributed by atoms with Crippen LogP contribution in [0.4, 0.5) is 10.1 Å². The number of benzene rings is 2. The van der Waals surface area contributed by atoms with Crippen LogP contribution in [0.1, 0.15) is 16.7 Å². The number of rotatable bonds is 8. The van der Waals surface area contributed by atoms with Gasteiger partial charge in [0.2, 0.25) is 5.91 Å². The molecule has 4 nitrogen and oxygen atoms in total. The monoisotopic (exact) mass is 422 g/mol. The van der Waals surface area contributed by atoms with Crippen molar-refractivity contribution in [2.45, 2.75) is 20.4 Å². The maximum atomic E-state index is 13.3. The molecule has 0 unspecified atom stereocenters. The topological polar surface area (TPSA) is 41.6 Å². The Morgan fingerprint density at radius 3 is 2.73 bits per heavy atom. The Balaban J connectivity index is 2.06. The summed E-state index contributed by atoms with van der Waals surface area (Å²) in [5.41, 5.74) is 3.94. The predicted octanol–water partition coefficient (Wildman–Crippen LogP) is 4.29. The van der Waals surface area contributed by atoms with Crippen LogP contribution >= 0.6 is 15.9 Å². The molecular weight excluding hydrogens is 399 g/mol. The molecule has 0 saturated heterocycles. The highest BCUT2D eigenvalue weighted by Crippen LogP contribution is 2.20. The van der Waals surface area contributed by atoms with E-state index >= 15 is 0 Å². The smallest absolute Gasteiger partial charge is 0.238 e. The summed E-state index contributed by atoms with van der Waals surface area (Å²) in [5.74, 6) is -0.384. The lowest BCUT2D eigenvalue weighted by molar-refractivity contribution is -0.117. The molecule has 0 radical (unpaired) electrons. The van der Waals surface area contributed by atoms with Gasteiger partial charge in [0.15, 0.2) is 0 Å². The molecule has 0 aliphatic heterocycles. The van der Waals surface area contributed by atoms with Gasteiger partial charge in [-0.1, -0.05) is 34.1 Å². The number of nitrogens with zero attached hydrogens (tertiary/aromatic N) is 1. The largest absolute Gasteiger partial charge is 0.383 e. The van der Waals surface area contributed by atoms with Crippen molar-refractivity contribution in [2.75, 3.05) is 32.1 Å². The van der Waals surface area contributed by atoms with E-state index in [1.165, 1.54) is 12.1 Å². The highest BCUT2D eigenvalue weighted by molar-refractivity contribution is 9.10. The van der Waals surface area contributed by atoms with Crippen molar-refractivity contribution in [3.8, 4) is 0 Å². The molecule has 0 aliphatic carbocycles. The third-order valence-electron chi connectivity index (χ3n) is 4.27. The molecule has 26 heavy (non-hydrogen) atoms. The number of amides is 1. The first-order valence-electron chi connectivity index (χ1n) is 8.42. The van der Waals surface area contributed by atoms with Crippen molar-refractivity contribution in [3.63, 3.8) is 0 Å². The van der Waals surface area contributed by atoms with Gasteiger partial charge in [-0.2, -0.15) is 0 Å². The van der Waals surface area contributed by atoms with Gasteiger partial charge < -0.3 is 10.1 Å². The standard InChI is InChI=1S/C20H24BrFN2O2/c1-14-5-4-6-19(15(14)2)23-20(25)13-24(9-10-26-3)12-16-7-8-17(22)11-18(16)21/h4-8,11H,9-10,12-13H2,1-3H3,(H,23,25). The molecule has 0 saturated carbocycles. The van der Waals surface area contributed by atoms with Gasteiger partial charge in [-0.15, -0.1) is 0 Å². The zero-order chi connectivity index (χ0) is 19.1. The molecule has 0 atom stereocenters. The fourth-order valence-corrected chi connectivity index (χ4v) is 3.08. The molecule has 0 spiro atoms. The Morgan fingerprint density at radius 2 is 2.04 bits per heavy atom. The minimum atomic E-state index is -0.295. The molecule has 2 aromatic carbocycles. The van der Waals surface area contributed by atoms with E-state index in [0.29, 0.717) is 24.2 Å². The maximum absolute atomic E-state index is 13.3. The van der Waals surface area contributed by atoms with E-state index in [-0.39, 0.29) is 18.3 Å². The van der Waals surface area contributed by atoms with Gasteiger partial charge in [0.25, 0.3) is 0 Å². The van der Waals surface area contributed by atoms with Crippen molar-refractivity contribution in [1.29, 1.82) is 0 Å². The lowest BCUT2D eigenvalue weighted by Gasteiger charge is -2.22. The third-order valence-corrected chi connectivity index (χ3v) is 5.00. The first-order valence-corrected chi connectivity index (χ1v) is 9.21. The molecule has 0 fully saturated rings. The average molecular weight is 423 g/mol. The van der Waals surface area contributed by atoms with Gasteiger partial charge >= 0.3 is 0 Å². The van der Waals surface area contributed by atoms with Crippen molar-refractivity contribution in [2.24, 2.45) is 0 Å². The fourth-order valence-electron chi connectivity index (χ4n) is 2.60. The van der Waals surface area contributed by atoms with Crippen molar-refractivity contribution < 1.29 is 13.9 Å². The summed E-state index contributed by atoms with van der Waals surface area (Å²) >= 11 is 3.38. The second-order valence-corrected chi connectivity index (χ2v) is 7.09. The number of anilines is 1. The summed E-state index contributed by atoms with van der Waals surface area (Å²) in [6, 6.07) is 10.4. The molecule has 2 rings (SSSR count). The van der Waals surface area contributed by atoms with Gasteiger partial charge in [-0.05, 0) is 48.7 Å². The number of ether oxygens (including phenoxy) is 1. The van der Waals surface area contributed by atoms with E-state index in [1.807, 2.05) is 36.9 Å². The summed E-state index contributed by atoms with van der Waals surface area (Å²) in [4.78, 5) is 14.5. The molecule has 2 aromatic rings. The van der Waals surface area contributed by atoms with Crippen LogP contribution in [0.3, 0.4) is 0 Å². The van der Waals surface area contributed by atoms with Gasteiger partial charge in [-0.25, -0.2) is 4.39 Å². The predicted molar refractivity (Wildman–Crippen MR) is 106 cm³/mol. The Labute approximate surface area is 162 Å². The second kappa shape index (κ2) is 9.80.